The number of aliphatic imine (C=N–C) groups is 1. The first-order chi connectivity index (χ1) is 12.1. The van der Waals surface area contributed by atoms with Crippen LogP contribution in [-0.4, -0.2) is 22.3 Å². The van der Waals surface area contributed by atoms with Crippen LogP contribution < -0.4 is 5.32 Å². The summed E-state index contributed by atoms with van der Waals surface area (Å²) in [5, 5.41) is 7.26. The lowest BCUT2D eigenvalue weighted by Gasteiger charge is -2.09. The van der Waals surface area contributed by atoms with Gasteiger partial charge in [0.1, 0.15) is 5.92 Å². The average molecular weight is 355 g/mol. The van der Waals surface area contributed by atoms with E-state index in [4.69, 9.17) is 16.1 Å². The summed E-state index contributed by atoms with van der Waals surface area (Å²) < 4.78 is 5.25. The smallest absolute Gasteiger partial charge is 0.240 e. The van der Waals surface area contributed by atoms with Crippen molar-refractivity contribution in [1.29, 1.82) is 0 Å². The SMILES string of the molecule is Cc1cc(C(C=Nc2ccc(Cl)cc2)C(=O)Nc2cccnc2)on1. The van der Waals surface area contributed by atoms with Crippen molar-refractivity contribution < 1.29 is 9.32 Å². The van der Waals surface area contributed by atoms with Gasteiger partial charge in [0.25, 0.3) is 0 Å². The lowest BCUT2D eigenvalue weighted by molar-refractivity contribution is -0.116. The molecule has 126 valence electrons. The fourth-order valence-corrected chi connectivity index (χ4v) is 2.27. The third-order valence-electron chi connectivity index (χ3n) is 3.36. The predicted octanol–water partition coefficient (Wildman–Crippen LogP) is 4.16. The van der Waals surface area contributed by atoms with Gasteiger partial charge in [-0.3, -0.25) is 14.8 Å². The third-order valence-corrected chi connectivity index (χ3v) is 3.62. The first-order valence-electron chi connectivity index (χ1n) is 7.56. The summed E-state index contributed by atoms with van der Waals surface area (Å²) in [6, 6.07) is 12.2. The van der Waals surface area contributed by atoms with Crippen molar-refractivity contribution in [3.63, 3.8) is 0 Å². The molecule has 1 aromatic carbocycles. The summed E-state index contributed by atoms with van der Waals surface area (Å²) in [6.07, 6.45) is 4.72. The van der Waals surface area contributed by atoms with Crippen LogP contribution in [0.2, 0.25) is 5.02 Å². The van der Waals surface area contributed by atoms with Crippen LogP contribution in [0.4, 0.5) is 11.4 Å². The topological polar surface area (TPSA) is 80.4 Å². The summed E-state index contributed by atoms with van der Waals surface area (Å²) in [7, 11) is 0. The van der Waals surface area contributed by atoms with E-state index < -0.39 is 5.92 Å². The van der Waals surface area contributed by atoms with Crippen LogP contribution in [0.25, 0.3) is 0 Å². The molecule has 0 aliphatic rings. The summed E-state index contributed by atoms with van der Waals surface area (Å²) in [4.78, 5) is 21.0. The quantitative estimate of drug-likeness (QED) is 0.698. The number of aromatic nitrogens is 2. The van der Waals surface area contributed by atoms with Gasteiger partial charge in [-0.1, -0.05) is 16.8 Å². The molecule has 3 rings (SSSR count). The van der Waals surface area contributed by atoms with E-state index >= 15 is 0 Å². The van der Waals surface area contributed by atoms with Crippen molar-refractivity contribution in [2.75, 3.05) is 5.32 Å². The highest BCUT2D eigenvalue weighted by Gasteiger charge is 2.23. The zero-order chi connectivity index (χ0) is 17.6. The number of hydrogen-bond acceptors (Lipinski definition) is 5. The highest BCUT2D eigenvalue weighted by Crippen LogP contribution is 2.21. The Balaban J connectivity index is 1.84. The largest absolute Gasteiger partial charge is 0.360 e. The van der Waals surface area contributed by atoms with Crippen LogP contribution >= 0.6 is 11.6 Å². The van der Waals surface area contributed by atoms with E-state index in [1.165, 1.54) is 6.21 Å². The number of rotatable bonds is 5. The number of amides is 1. The molecule has 0 radical (unpaired) electrons. The summed E-state index contributed by atoms with van der Waals surface area (Å²) in [6.45, 7) is 1.79. The Bertz CT molecular complexity index is 876. The Labute approximate surface area is 149 Å². The maximum Gasteiger partial charge on any atom is 0.240 e. The first kappa shape index (κ1) is 16.9. The van der Waals surface area contributed by atoms with Crippen molar-refractivity contribution in [2.45, 2.75) is 12.8 Å². The molecule has 0 saturated carbocycles. The molecule has 0 saturated heterocycles. The van der Waals surface area contributed by atoms with Crippen molar-refractivity contribution in [3.05, 3.63) is 71.3 Å². The molecule has 0 aliphatic carbocycles. The van der Waals surface area contributed by atoms with Gasteiger partial charge in [0.15, 0.2) is 5.76 Å². The molecule has 25 heavy (non-hydrogen) atoms. The predicted molar refractivity (Wildman–Crippen MR) is 96.5 cm³/mol. The number of halogens is 1. The van der Waals surface area contributed by atoms with E-state index in [2.05, 4.69) is 20.4 Å². The van der Waals surface area contributed by atoms with E-state index in [1.54, 1.807) is 61.8 Å². The Morgan fingerprint density at radius 1 is 1.32 bits per heavy atom. The zero-order valence-corrected chi connectivity index (χ0v) is 14.1. The molecule has 2 aromatic heterocycles. The van der Waals surface area contributed by atoms with Crippen molar-refractivity contribution in [2.24, 2.45) is 4.99 Å². The number of aryl methyl sites for hydroxylation is 1. The number of benzene rings is 1. The molecule has 1 atom stereocenters. The highest BCUT2D eigenvalue weighted by molar-refractivity contribution is 6.30. The van der Waals surface area contributed by atoms with Crippen LogP contribution in [0, 0.1) is 6.92 Å². The Morgan fingerprint density at radius 3 is 2.76 bits per heavy atom. The van der Waals surface area contributed by atoms with Gasteiger partial charge in [-0.05, 0) is 43.3 Å². The molecule has 0 fully saturated rings. The minimum atomic E-state index is -0.725. The van der Waals surface area contributed by atoms with Gasteiger partial charge in [0.05, 0.1) is 23.3 Å². The lowest BCUT2D eigenvalue weighted by Crippen LogP contribution is -2.22. The van der Waals surface area contributed by atoms with Gasteiger partial charge in [0.2, 0.25) is 5.91 Å². The van der Waals surface area contributed by atoms with E-state index in [9.17, 15) is 4.79 Å². The number of carbonyl (C=O) groups is 1. The Kier molecular flexibility index (Phi) is 5.20. The summed E-state index contributed by atoms with van der Waals surface area (Å²) >= 11 is 5.87. The molecular weight excluding hydrogens is 340 g/mol. The molecule has 0 aliphatic heterocycles. The molecule has 7 heteroatoms. The fourth-order valence-electron chi connectivity index (χ4n) is 2.14. The van der Waals surface area contributed by atoms with Crippen LogP contribution in [-0.2, 0) is 4.79 Å². The zero-order valence-electron chi connectivity index (χ0n) is 13.4. The molecule has 2 heterocycles. The third kappa shape index (κ3) is 4.51. The summed E-state index contributed by atoms with van der Waals surface area (Å²) in [5.74, 6) is -0.601. The number of nitrogens with zero attached hydrogens (tertiary/aromatic N) is 3. The standard InChI is InChI=1S/C18H15ClN4O2/c1-12-9-17(25-23-12)16(11-21-14-6-4-13(19)5-7-14)18(24)22-15-3-2-8-20-10-15/h2-11,16H,1H3,(H,22,24). The Morgan fingerprint density at radius 2 is 2.12 bits per heavy atom. The van der Waals surface area contributed by atoms with Crippen molar-refractivity contribution in [1.82, 2.24) is 10.1 Å². The van der Waals surface area contributed by atoms with Gasteiger partial charge >= 0.3 is 0 Å². The lowest BCUT2D eigenvalue weighted by atomic mass is 10.1. The fraction of sp³-hybridized carbons (Fsp3) is 0.111. The van der Waals surface area contributed by atoms with Gasteiger partial charge in [-0.2, -0.15) is 0 Å². The second-order valence-electron chi connectivity index (χ2n) is 5.33. The van der Waals surface area contributed by atoms with Gasteiger partial charge in [-0.15, -0.1) is 0 Å². The monoisotopic (exact) mass is 354 g/mol. The number of hydrogen-bond donors (Lipinski definition) is 1. The molecule has 6 nitrogen and oxygen atoms in total. The van der Waals surface area contributed by atoms with E-state index in [1.807, 2.05) is 0 Å². The molecule has 1 unspecified atom stereocenters. The minimum Gasteiger partial charge on any atom is -0.360 e. The summed E-state index contributed by atoms with van der Waals surface area (Å²) in [5.41, 5.74) is 1.96. The molecule has 0 bridgehead atoms. The average Bonchev–Trinajstić information content (AvgIpc) is 3.04. The maximum atomic E-state index is 12.7. The first-order valence-corrected chi connectivity index (χ1v) is 7.93. The molecule has 3 aromatic rings. The second-order valence-corrected chi connectivity index (χ2v) is 5.77. The van der Waals surface area contributed by atoms with Gasteiger partial charge in [-0.25, -0.2) is 0 Å². The molecule has 1 amide bonds. The van der Waals surface area contributed by atoms with E-state index in [0.29, 0.717) is 27.9 Å². The number of nitrogens with one attached hydrogen (secondary N) is 1. The number of pyridine rings is 1. The van der Waals surface area contributed by atoms with Crippen molar-refractivity contribution >= 4 is 35.1 Å². The van der Waals surface area contributed by atoms with E-state index in [0.717, 1.165) is 0 Å². The van der Waals surface area contributed by atoms with Gasteiger partial charge in [0, 0.05) is 23.5 Å². The van der Waals surface area contributed by atoms with E-state index in [-0.39, 0.29) is 5.91 Å². The molecular formula is C18H15ClN4O2. The second kappa shape index (κ2) is 7.72. The van der Waals surface area contributed by atoms with Crippen LogP contribution in [0.1, 0.15) is 17.4 Å². The van der Waals surface area contributed by atoms with Gasteiger partial charge < -0.3 is 9.84 Å². The molecule has 1 N–H and O–H groups in total. The maximum absolute atomic E-state index is 12.7. The minimum absolute atomic E-state index is 0.290. The van der Waals surface area contributed by atoms with Crippen molar-refractivity contribution in [3.8, 4) is 0 Å². The highest BCUT2D eigenvalue weighted by atomic mass is 35.5. The normalized spacial score (nSPS) is 12.2. The van der Waals surface area contributed by atoms with Crippen LogP contribution in [0.3, 0.4) is 0 Å². The number of carbonyl (C=O) groups excluding carboxylic acids is 1. The number of anilines is 1. The van der Waals surface area contributed by atoms with Crippen LogP contribution in [0.5, 0.6) is 0 Å². The molecule has 0 spiro atoms. The van der Waals surface area contributed by atoms with Crippen LogP contribution in [0.15, 0.2) is 64.4 Å². The Hall–Kier alpha value is -2.99.